The van der Waals surface area contributed by atoms with Gasteiger partial charge in [-0.2, -0.15) is 0 Å². The first-order valence-corrected chi connectivity index (χ1v) is 6.84. The first-order valence-electron chi connectivity index (χ1n) is 4.95. The molecule has 0 saturated carbocycles. The molecule has 0 fully saturated rings. The molecule has 0 aliphatic carbocycles. The van der Waals surface area contributed by atoms with Crippen LogP contribution in [0.15, 0.2) is 23.1 Å². The molecular formula is C11H15NO4S. The van der Waals surface area contributed by atoms with E-state index in [4.69, 9.17) is 10.5 Å². The zero-order chi connectivity index (χ0) is 13.2. The van der Waals surface area contributed by atoms with Crippen LogP contribution in [0.25, 0.3) is 0 Å². The van der Waals surface area contributed by atoms with Crippen molar-refractivity contribution < 1.29 is 17.9 Å². The number of hydrogen-bond acceptors (Lipinski definition) is 5. The highest BCUT2D eigenvalue weighted by molar-refractivity contribution is 7.90. The zero-order valence-corrected chi connectivity index (χ0v) is 10.7. The van der Waals surface area contributed by atoms with Gasteiger partial charge in [-0.15, -0.1) is 0 Å². The second-order valence-corrected chi connectivity index (χ2v) is 5.77. The largest absolute Gasteiger partial charge is 0.497 e. The number of nitrogens with two attached hydrogens (primary N) is 1. The molecule has 1 aromatic carbocycles. The molecular weight excluding hydrogens is 242 g/mol. The van der Waals surface area contributed by atoms with Crippen molar-refractivity contribution >= 4 is 15.6 Å². The summed E-state index contributed by atoms with van der Waals surface area (Å²) in [5.41, 5.74) is 5.58. The van der Waals surface area contributed by atoms with Crippen molar-refractivity contribution in [1.29, 1.82) is 0 Å². The number of benzene rings is 1. The summed E-state index contributed by atoms with van der Waals surface area (Å²) in [6, 6.07) is 3.53. The quantitative estimate of drug-likeness (QED) is 0.799. The summed E-state index contributed by atoms with van der Waals surface area (Å²) in [5.74, 6) is -0.0280. The van der Waals surface area contributed by atoms with Gasteiger partial charge in [-0.3, -0.25) is 4.79 Å². The smallest absolute Gasteiger partial charge is 0.180 e. The molecule has 6 heteroatoms. The maximum atomic E-state index is 11.8. The minimum atomic E-state index is -3.50. The van der Waals surface area contributed by atoms with Gasteiger partial charge >= 0.3 is 0 Å². The van der Waals surface area contributed by atoms with E-state index in [2.05, 4.69) is 0 Å². The van der Waals surface area contributed by atoms with Crippen LogP contribution in [0.4, 0.5) is 0 Å². The average molecular weight is 257 g/mol. The van der Waals surface area contributed by atoms with Gasteiger partial charge in [0.1, 0.15) is 5.75 Å². The molecule has 0 radical (unpaired) electrons. The number of rotatable bonds is 4. The lowest BCUT2D eigenvalue weighted by Gasteiger charge is -2.10. The fraction of sp³-hybridized carbons (Fsp3) is 0.364. The topological polar surface area (TPSA) is 86.5 Å². The molecule has 0 amide bonds. The number of hydrogen-bond donors (Lipinski definition) is 1. The van der Waals surface area contributed by atoms with Gasteiger partial charge in [-0.25, -0.2) is 8.42 Å². The summed E-state index contributed by atoms with van der Waals surface area (Å²) in [6.45, 7) is 1.51. The SMILES string of the molecule is COc1ccc(C(=O)C(C)N)c(S(C)(=O)=O)c1. The number of sulfone groups is 1. The summed E-state index contributed by atoms with van der Waals surface area (Å²) >= 11 is 0. The van der Waals surface area contributed by atoms with E-state index < -0.39 is 21.7 Å². The predicted octanol–water partition coefficient (Wildman–Crippen LogP) is 0.629. The number of Topliss-reactive ketones (excluding diaryl/α,β-unsaturated/α-hetero) is 1. The fourth-order valence-corrected chi connectivity index (χ4v) is 2.28. The third-order valence-electron chi connectivity index (χ3n) is 2.27. The van der Waals surface area contributed by atoms with Gasteiger partial charge in [-0.05, 0) is 25.1 Å². The number of ketones is 1. The lowest BCUT2D eigenvalue weighted by atomic mass is 10.1. The number of methoxy groups -OCH3 is 1. The molecule has 2 N–H and O–H groups in total. The Labute approximate surface area is 100 Å². The van der Waals surface area contributed by atoms with Crippen molar-refractivity contribution in [1.82, 2.24) is 0 Å². The molecule has 17 heavy (non-hydrogen) atoms. The number of carbonyl (C=O) groups excluding carboxylic acids is 1. The lowest BCUT2D eigenvalue weighted by Crippen LogP contribution is -2.28. The third-order valence-corrected chi connectivity index (χ3v) is 3.40. The van der Waals surface area contributed by atoms with E-state index in [9.17, 15) is 13.2 Å². The van der Waals surface area contributed by atoms with Gasteiger partial charge in [0.05, 0.1) is 18.0 Å². The standard InChI is InChI=1S/C11H15NO4S/c1-7(12)11(13)9-5-4-8(16-2)6-10(9)17(3,14)15/h4-7H,12H2,1-3H3. The second-order valence-electron chi connectivity index (χ2n) is 3.79. The van der Waals surface area contributed by atoms with Gasteiger partial charge in [-0.1, -0.05) is 0 Å². The summed E-state index contributed by atoms with van der Waals surface area (Å²) < 4.78 is 28.1. The highest BCUT2D eigenvalue weighted by atomic mass is 32.2. The first kappa shape index (κ1) is 13.7. The molecule has 0 aliphatic heterocycles. The van der Waals surface area contributed by atoms with E-state index in [1.807, 2.05) is 0 Å². The lowest BCUT2D eigenvalue weighted by molar-refractivity contribution is 0.0964. The van der Waals surface area contributed by atoms with Gasteiger partial charge in [0.2, 0.25) is 0 Å². The van der Waals surface area contributed by atoms with Crippen LogP contribution in [0.2, 0.25) is 0 Å². The molecule has 1 unspecified atom stereocenters. The molecule has 0 aromatic heterocycles. The second kappa shape index (κ2) is 4.85. The highest BCUT2D eigenvalue weighted by Crippen LogP contribution is 2.23. The van der Waals surface area contributed by atoms with Crippen LogP contribution in [0, 0.1) is 0 Å². The first-order chi connectivity index (χ1) is 7.77. The monoisotopic (exact) mass is 257 g/mol. The normalized spacial score (nSPS) is 13.2. The van der Waals surface area contributed by atoms with E-state index in [0.29, 0.717) is 5.75 Å². The van der Waals surface area contributed by atoms with Crippen molar-refractivity contribution in [3.63, 3.8) is 0 Å². The fourth-order valence-electron chi connectivity index (χ4n) is 1.39. The molecule has 1 rings (SSSR count). The third kappa shape index (κ3) is 3.04. The van der Waals surface area contributed by atoms with E-state index in [1.165, 1.54) is 32.2 Å². The van der Waals surface area contributed by atoms with Gasteiger partial charge < -0.3 is 10.5 Å². The van der Waals surface area contributed by atoms with E-state index >= 15 is 0 Å². The van der Waals surface area contributed by atoms with Gasteiger partial charge in [0.25, 0.3) is 0 Å². The molecule has 0 bridgehead atoms. The molecule has 1 aromatic rings. The molecule has 0 spiro atoms. The van der Waals surface area contributed by atoms with Crippen molar-refractivity contribution in [3.8, 4) is 5.75 Å². The predicted molar refractivity (Wildman–Crippen MR) is 64.1 cm³/mol. The van der Waals surface area contributed by atoms with Gasteiger partial charge in [0, 0.05) is 11.8 Å². The molecule has 1 atom stereocenters. The summed E-state index contributed by atoms with van der Waals surface area (Å²) in [4.78, 5) is 11.7. The van der Waals surface area contributed by atoms with Crippen molar-refractivity contribution in [2.24, 2.45) is 5.73 Å². The maximum absolute atomic E-state index is 11.8. The van der Waals surface area contributed by atoms with Crippen LogP contribution in [-0.2, 0) is 9.84 Å². The van der Waals surface area contributed by atoms with Crippen molar-refractivity contribution in [2.45, 2.75) is 17.9 Å². The van der Waals surface area contributed by atoms with Crippen molar-refractivity contribution in [3.05, 3.63) is 23.8 Å². The van der Waals surface area contributed by atoms with Crippen LogP contribution >= 0.6 is 0 Å². The van der Waals surface area contributed by atoms with Gasteiger partial charge in [0.15, 0.2) is 15.6 Å². The Morgan fingerprint density at radius 2 is 2.00 bits per heavy atom. The zero-order valence-electron chi connectivity index (χ0n) is 9.93. The Kier molecular flexibility index (Phi) is 3.90. The summed E-state index contributed by atoms with van der Waals surface area (Å²) in [7, 11) is -2.08. The molecule has 0 saturated heterocycles. The van der Waals surface area contributed by atoms with Crippen LogP contribution in [0.1, 0.15) is 17.3 Å². The van der Waals surface area contributed by atoms with Crippen LogP contribution in [-0.4, -0.2) is 33.6 Å². The van der Waals surface area contributed by atoms with E-state index in [0.717, 1.165) is 6.26 Å². The Morgan fingerprint density at radius 1 is 1.41 bits per heavy atom. The molecule has 0 heterocycles. The summed E-state index contributed by atoms with van der Waals surface area (Å²) in [5, 5.41) is 0. The molecule has 0 aliphatic rings. The Hall–Kier alpha value is -1.40. The minimum Gasteiger partial charge on any atom is -0.497 e. The van der Waals surface area contributed by atoms with Crippen LogP contribution in [0.3, 0.4) is 0 Å². The van der Waals surface area contributed by atoms with E-state index in [-0.39, 0.29) is 10.5 Å². The molecule has 5 nitrogen and oxygen atoms in total. The Bertz CT molecular complexity index is 534. The average Bonchev–Trinajstić information content (AvgIpc) is 2.26. The Balaban J connectivity index is 3.46. The minimum absolute atomic E-state index is 0.0563. The van der Waals surface area contributed by atoms with Crippen LogP contribution < -0.4 is 10.5 Å². The van der Waals surface area contributed by atoms with Crippen LogP contribution in [0.5, 0.6) is 5.75 Å². The maximum Gasteiger partial charge on any atom is 0.180 e. The van der Waals surface area contributed by atoms with E-state index in [1.54, 1.807) is 0 Å². The van der Waals surface area contributed by atoms with Crippen molar-refractivity contribution in [2.75, 3.05) is 13.4 Å². The summed E-state index contributed by atoms with van der Waals surface area (Å²) in [6.07, 6.45) is 1.04. The number of carbonyl (C=O) groups is 1. The highest BCUT2D eigenvalue weighted by Gasteiger charge is 2.21. The number of ether oxygens (including phenoxy) is 1. The molecule has 94 valence electrons. The Morgan fingerprint density at radius 3 is 2.41 bits per heavy atom.